The third kappa shape index (κ3) is 2.49. The average molecular weight is 254 g/mol. The molecule has 0 radical (unpaired) electrons. The number of nitrogens with two attached hydrogens (primary N) is 1. The number of para-hydroxylation sites is 1. The third-order valence-corrected chi connectivity index (χ3v) is 3.39. The van der Waals surface area contributed by atoms with Crippen molar-refractivity contribution < 1.29 is 4.39 Å². The van der Waals surface area contributed by atoms with E-state index < -0.39 is 0 Å². The van der Waals surface area contributed by atoms with Gasteiger partial charge in [-0.15, -0.1) is 0 Å². The fraction of sp³-hybridized carbons (Fsp3) is 0. The van der Waals surface area contributed by atoms with E-state index in [2.05, 4.69) is 0 Å². The number of hydrogen-bond acceptors (Lipinski definition) is 2. The summed E-state index contributed by atoms with van der Waals surface area (Å²) in [6.07, 6.45) is 0. The van der Waals surface area contributed by atoms with Crippen molar-refractivity contribution in [2.75, 3.05) is 5.73 Å². The van der Waals surface area contributed by atoms with Gasteiger partial charge in [-0.2, -0.15) is 0 Å². The van der Waals surface area contributed by atoms with E-state index >= 15 is 0 Å². The summed E-state index contributed by atoms with van der Waals surface area (Å²) in [5, 5.41) is 0.677. The molecule has 0 amide bonds. The molecule has 16 heavy (non-hydrogen) atoms. The number of hydrogen-bond donors (Lipinski definition) is 1. The molecule has 0 unspecified atom stereocenters. The van der Waals surface area contributed by atoms with Crippen LogP contribution in [0.25, 0.3) is 0 Å². The van der Waals surface area contributed by atoms with Gasteiger partial charge >= 0.3 is 0 Å². The Morgan fingerprint density at radius 2 is 1.75 bits per heavy atom. The van der Waals surface area contributed by atoms with Crippen LogP contribution < -0.4 is 5.73 Å². The molecule has 0 aliphatic rings. The first kappa shape index (κ1) is 11.3. The third-order valence-electron chi connectivity index (χ3n) is 2.05. The molecular weight excluding hydrogens is 245 g/mol. The Kier molecular flexibility index (Phi) is 3.36. The summed E-state index contributed by atoms with van der Waals surface area (Å²) in [6.45, 7) is 0. The maximum absolute atomic E-state index is 13.2. The lowest BCUT2D eigenvalue weighted by molar-refractivity contribution is 0.629. The molecule has 0 bridgehead atoms. The van der Waals surface area contributed by atoms with E-state index in [9.17, 15) is 4.39 Å². The summed E-state index contributed by atoms with van der Waals surface area (Å²) in [7, 11) is 0. The van der Waals surface area contributed by atoms with Gasteiger partial charge in [0.15, 0.2) is 0 Å². The van der Waals surface area contributed by atoms with Crippen LogP contribution in [0, 0.1) is 5.82 Å². The Bertz CT molecular complexity index is 499. The van der Waals surface area contributed by atoms with Gasteiger partial charge in [-0.1, -0.05) is 29.4 Å². The van der Waals surface area contributed by atoms with Gasteiger partial charge in [0.1, 0.15) is 5.82 Å². The fourth-order valence-corrected chi connectivity index (χ4v) is 2.24. The Morgan fingerprint density at radius 3 is 2.44 bits per heavy atom. The largest absolute Gasteiger partial charge is 0.395 e. The quantitative estimate of drug-likeness (QED) is 0.812. The molecule has 0 saturated carbocycles. The van der Waals surface area contributed by atoms with Crippen LogP contribution in [0.15, 0.2) is 52.3 Å². The molecule has 2 aromatic rings. The zero-order valence-corrected chi connectivity index (χ0v) is 9.86. The van der Waals surface area contributed by atoms with Gasteiger partial charge in [0.2, 0.25) is 0 Å². The molecule has 0 saturated heterocycles. The van der Waals surface area contributed by atoms with Crippen molar-refractivity contribution in [3.63, 3.8) is 0 Å². The molecule has 0 atom stereocenters. The van der Waals surface area contributed by atoms with E-state index in [1.165, 1.54) is 17.8 Å². The van der Waals surface area contributed by atoms with E-state index in [0.717, 1.165) is 4.90 Å². The van der Waals surface area contributed by atoms with Crippen molar-refractivity contribution in [3.8, 4) is 0 Å². The minimum Gasteiger partial charge on any atom is -0.395 e. The van der Waals surface area contributed by atoms with Crippen molar-refractivity contribution in [1.29, 1.82) is 0 Å². The smallest absolute Gasteiger partial charge is 0.147 e. The Morgan fingerprint density at radius 1 is 1.06 bits per heavy atom. The molecule has 0 aliphatic heterocycles. The molecule has 0 aliphatic carbocycles. The monoisotopic (exact) mass is 253 g/mol. The molecule has 82 valence electrons. The first-order chi connectivity index (χ1) is 7.66. The van der Waals surface area contributed by atoms with Crippen LogP contribution in [0.2, 0.25) is 5.02 Å². The Hall–Kier alpha value is -1.19. The van der Waals surface area contributed by atoms with Crippen molar-refractivity contribution in [2.24, 2.45) is 0 Å². The van der Waals surface area contributed by atoms with Crippen molar-refractivity contribution in [3.05, 3.63) is 53.3 Å². The van der Waals surface area contributed by atoms with Gasteiger partial charge in [0.05, 0.1) is 5.69 Å². The van der Waals surface area contributed by atoms with E-state index in [1.54, 1.807) is 24.3 Å². The van der Waals surface area contributed by atoms with Crippen LogP contribution in [0.4, 0.5) is 10.1 Å². The Labute approximate surface area is 102 Å². The predicted octanol–water partition coefficient (Wildman–Crippen LogP) is 4.21. The summed E-state index contributed by atoms with van der Waals surface area (Å²) in [6, 6.07) is 12.1. The number of rotatable bonds is 2. The lowest BCUT2D eigenvalue weighted by Gasteiger charge is -2.05. The highest BCUT2D eigenvalue weighted by Crippen LogP contribution is 2.33. The van der Waals surface area contributed by atoms with Crippen LogP contribution in [0.5, 0.6) is 0 Å². The highest BCUT2D eigenvalue weighted by atomic mass is 35.5. The van der Waals surface area contributed by atoms with Crippen LogP contribution in [0.3, 0.4) is 0 Å². The molecule has 4 heteroatoms. The van der Waals surface area contributed by atoms with E-state index in [0.29, 0.717) is 9.92 Å². The van der Waals surface area contributed by atoms with Crippen LogP contribution in [0.1, 0.15) is 0 Å². The molecule has 0 spiro atoms. The highest BCUT2D eigenvalue weighted by molar-refractivity contribution is 7.99. The minimum atomic E-state index is -0.390. The molecule has 2 rings (SSSR count). The van der Waals surface area contributed by atoms with Gasteiger partial charge in [0.25, 0.3) is 0 Å². The van der Waals surface area contributed by atoms with Gasteiger partial charge in [0, 0.05) is 14.8 Å². The van der Waals surface area contributed by atoms with Crippen molar-refractivity contribution in [2.45, 2.75) is 9.79 Å². The lowest BCUT2D eigenvalue weighted by Crippen LogP contribution is -1.92. The SMILES string of the molecule is Nc1c(F)cccc1Sc1ccc(Cl)cc1. The van der Waals surface area contributed by atoms with E-state index in [-0.39, 0.29) is 11.5 Å². The zero-order chi connectivity index (χ0) is 11.5. The molecule has 0 aromatic heterocycles. The second-order valence-corrected chi connectivity index (χ2v) is 4.76. The zero-order valence-electron chi connectivity index (χ0n) is 8.28. The first-order valence-corrected chi connectivity index (χ1v) is 5.83. The second-order valence-electron chi connectivity index (χ2n) is 3.21. The van der Waals surface area contributed by atoms with Crippen LogP contribution >= 0.6 is 23.4 Å². The molecule has 0 fully saturated rings. The summed E-state index contributed by atoms with van der Waals surface area (Å²) < 4.78 is 13.2. The molecular formula is C12H9ClFNS. The predicted molar refractivity (Wildman–Crippen MR) is 66.4 cm³/mol. The molecule has 2 aromatic carbocycles. The lowest BCUT2D eigenvalue weighted by atomic mass is 10.3. The number of halogens is 2. The number of anilines is 1. The summed E-state index contributed by atoms with van der Waals surface area (Å²) >= 11 is 7.19. The Balaban J connectivity index is 2.27. The van der Waals surface area contributed by atoms with Gasteiger partial charge in [-0.05, 0) is 36.4 Å². The molecule has 1 nitrogen and oxygen atoms in total. The molecule has 2 N–H and O–H groups in total. The molecule has 0 heterocycles. The number of nitrogen functional groups attached to an aromatic ring is 1. The standard InChI is InChI=1S/C12H9ClFNS/c13-8-4-6-9(7-5-8)16-11-3-1-2-10(14)12(11)15/h1-7H,15H2. The maximum Gasteiger partial charge on any atom is 0.147 e. The van der Waals surface area contributed by atoms with Gasteiger partial charge in [-0.3, -0.25) is 0 Å². The topological polar surface area (TPSA) is 26.0 Å². The van der Waals surface area contributed by atoms with Crippen LogP contribution in [-0.4, -0.2) is 0 Å². The first-order valence-electron chi connectivity index (χ1n) is 4.64. The fourth-order valence-electron chi connectivity index (χ4n) is 1.24. The maximum atomic E-state index is 13.2. The van der Waals surface area contributed by atoms with E-state index in [4.69, 9.17) is 17.3 Å². The highest BCUT2D eigenvalue weighted by Gasteiger charge is 2.05. The average Bonchev–Trinajstić information content (AvgIpc) is 2.28. The van der Waals surface area contributed by atoms with Gasteiger partial charge < -0.3 is 5.73 Å². The van der Waals surface area contributed by atoms with Crippen molar-refractivity contribution >= 4 is 29.1 Å². The van der Waals surface area contributed by atoms with Crippen LogP contribution in [-0.2, 0) is 0 Å². The van der Waals surface area contributed by atoms with Crippen molar-refractivity contribution in [1.82, 2.24) is 0 Å². The number of benzene rings is 2. The second kappa shape index (κ2) is 4.76. The summed E-state index contributed by atoms with van der Waals surface area (Å²) in [5.74, 6) is -0.390. The normalized spacial score (nSPS) is 10.4. The minimum absolute atomic E-state index is 0.183. The van der Waals surface area contributed by atoms with E-state index in [1.807, 2.05) is 12.1 Å². The van der Waals surface area contributed by atoms with Gasteiger partial charge in [-0.25, -0.2) is 4.39 Å². The summed E-state index contributed by atoms with van der Waals surface area (Å²) in [4.78, 5) is 1.68. The summed E-state index contributed by atoms with van der Waals surface area (Å²) in [5.41, 5.74) is 5.82.